The summed E-state index contributed by atoms with van der Waals surface area (Å²) in [5.41, 5.74) is 0.797. The van der Waals surface area contributed by atoms with Gasteiger partial charge in [-0.2, -0.15) is 5.10 Å². The molecular weight excluding hydrogens is 232 g/mol. The minimum Gasteiger partial charge on any atom is -0.344 e. The van der Waals surface area contributed by atoms with Crippen LogP contribution in [0.5, 0.6) is 0 Å². The lowest BCUT2D eigenvalue weighted by molar-refractivity contribution is 0.0940. The van der Waals surface area contributed by atoms with Gasteiger partial charge in [0.1, 0.15) is 5.82 Å². The van der Waals surface area contributed by atoms with Gasteiger partial charge in [0, 0.05) is 19.2 Å². The fourth-order valence-electron chi connectivity index (χ4n) is 1.44. The van der Waals surface area contributed by atoms with E-state index in [0.29, 0.717) is 12.4 Å². The van der Waals surface area contributed by atoms with E-state index >= 15 is 0 Å². The van der Waals surface area contributed by atoms with E-state index in [1.165, 1.54) is 0 Å². The summed E-state index contributed by atoms with van der Waals surface area (Å²) >= 11 is 0. The van der Waals surface area contributed by atoms with Crippen molar-refractivity contribution in [3.05, 3.63) is 29.6 Å². The molecule has 2 rings (SSSR count). The Labute approximate surface area is 105 Å². The second-order valence-corrected chi connectivity index (χ2v) is 4.36. The summed E-state index contributed by atoms with van der Waals surface area (Å²) in [4.78, 5) is 15.9. The molecule has 7 nitrogen and oxygen atoms in total. The van der Waals surface area contributed by atoms with Crippen molar-refractivity contribution in [3.8, 4) is 0 Å². The molecule has 0 bridgehead atoms. The lowest BCUT2D eigenvalue weighted by Gasteiger charge is -1.99. The smallest absolute Gasteiger partial charge is 0.291 e. The molecule has 2 heterocycles. The molecule has 0 aromatic carbocycles. The van der Waals surface area contributed by atoms with E-state index in [4.69, 9.17) is 0 Å². The maximum absolute atomic E-state index is 11.8. The van der Waals surface area contributed by atoms with E-state index in [-0.39, 0.29) is 17.6 Å². The molecule has 0 unspecified atom stereocenters. The van der Waals surface area contributed by atoms with Gasteiger partial charge < -0.3 is 5.32 Å². The van der Waals surface area contributed by atoms with Gasteiger partial charge >= 0.3 is 0 Å². The average Bonchev–Trinajstić information content (AvgIpc) is 2.94. The Morgan fingerprint density at radius 1 is 1.56 bits per heavy atom. The summed E-state index contributed by atoms with van der Waals surface area (Å²) in [6.45, 7) is 4.33. The molecule has 2 N–H and O–H groups in total. The maximum Gasteiger partial charge on any atom is 0.291 e. The first-order valence-electron chi connectivity index (χ1n) is 5.75. The predicted octanol–water partition coefficient (Wildman–Crippen LogP) is 0.592. The van der Waals surface area contributed by atoms with Crippen LogP contribution in [0.15, 0.2) is 12.3 Å². The fraction of sp³-hybridized carbons (Fsp3) is 0.455. The second kappa shape index (κ2) is 4.99. The molecule has 0 saturated carbocycles. The van der Waals surface area contributed by atoms with Crippen molar-refractivity contribution < 1.29 is 4.79 Å². The van der Waals surface area contributed by atoms with Crippen molar-refractivity contribution in [1.29, 1.82) is 0 Å². The van der Waals surface area contributed by atoms with Crippen molar-refractivity contribution in [3.63, 3.8) is 0 Å². The number of rotatable bonds is 4. The lowest BCUT2D eigenvalue weighted by atomic mass is 10.2. The Bertz CT molecular complexity index is 541. The average molecular weight is 248 g/mol. The number of aromatic amines is 1. The number of carbonyl (C=O) groups excluding carboxylic acids is 1. The standard InChI is InChI=1S/C11H16N6O/c1-7(2)9-13-10(15-14-9)11(18)12-6-8-4-5-17(3)16-8/h4-5,7H,6H2,1-3H3,(H,12,18)(H,13,14,15). The normalized spacial score (nSPS) is 10.9. The third-order valence-corrected chi connectivity index (χ3v) is 2.45. The molecule has 0 saturated heterocycles. The van der Waals surface area contributed by atoms with Gasteiger partial charge in [-0.05, 0) is 6.07 Å². The number of nitrogens with zero attached hydrogens (tertiary/aromatic N) is 4. The molecule has 2 aromatic heterocycles. The van der Waals surface area contributed by atoms with Crippen molar-refractivity contribution in [2.45, 2.75) is 26.3 Å². The van der Waals surface area contributed by atoms with Crippen LogP contribution >= 0.6 is 0 Å². The van der Waals surface area contributed by atoms with Crippen molar-refractivity contribution in [2.24, 2.45) is 7.05 Å². The first-order valence-corrected chi connectivity index (χ1v) is 5.75. The van der Waals surface area contributed by atoms with Gasteiger partial charge in [-0.1, -0.05) is 13.8 Å². The first-order chi connectivity index (χ1) is 8.56. The molecule has 1 amide bonds. The van der Waals surface area contributed by atoms with Gasteiger partial charge in [-0.15, -0.1) is 5.10 Å². The van der Waals surface area contributed by atoms with Gasteiger partial charge in [0.25, 0.3) is 5.91 Å². The number of hydrogen-bond acceptors (Lipinski definition) is 4. The molecule has 0 radical (unpaired) electrons. The zero-order valence-corrected chi connectivity index (χ0v) is 10.6. The van der Waals surface area contributed by atoms with Crippen LogP contribution in [0.4, 0.5) is 0 Å². The van der Waals surface area contributed by atoms with Crippen molar-refractivity contribution >= 4 is 5.91 Å². The van der Waals surface area contributed by atoms with Crippen molar-refractivity contribution in [1.82, 2.24) is 30.3 Å². The van der Waals surface area contributed by atoms with Crippen LogP contribution in [0.2, 0.25) is 0 Å². The van der Waals surface area contributed by atoms with Crippen LogP contribution in [0, 0.1) is 0 Å². The Morgan fingerprint density at radius 2 is 2.33 bits per heavy atom. The highest BCUT2D eigenvalue weighted by Crippen LogP contribution is 2.07. The molecule has 7 heteroatoms. The van der Waals surface area contributed by atoms with Crippen LogP contribution in [0.25, 0.3) is 0 Å². The van der Waals surface area contributed by atoms with Crippen molar-refractivity contribution in [2.75, 3.05) is 0 Å². The third kappa shape index (κ3) is 2.73. The van der Waals surface area contributed by atoms with Gasteiger partial charge in [0.2, 0.25) is 5.82 Å². The quantitative estimate of drug-likeness (QED) is 0.829. The highest BCUT2D eigenvalue weighted by atomic mass is 16.2. The second-order valence-electron chi connectivity index (χ2n) is 4.36. The number of nitrogens with one attached hydrogen (secondary N) is 2. The van der Waals surface area contributed by atoms with Crippen LogP contribution in [0.3, 0.4) is 0 Å². The Hall–Kier alpha value is -2.18. The Balaban J connectivity index is 1.95. The highest BCUT2D eigenvalue weighted by Gasteiger charge is 2.13. The van der Waals surface area contributed by atoms with Gasteiger partial charge in [0.05, 0.1) is 12.2 Å². The lowest BCUT2D eigenvalue weighted by Crippen LogP contribution is -2.24. The first kappa shape index (κ1) is 12.3. The molecule has 18 heavy (non-hydrogen) atoms. The van der Waals surface area contributed by atoms with Crippen LogP contribution in [0.1, 0.15) is 41.9 Å². The summed E-state index contributed by atoms with van der Waals surface area (Å²) in [6.07, 6.45) is 1.82. The summed E-state index contributed by atoms with van der Waals surface area (Å²) in [5, 5.41) is 13.5. The molecular formula is C11H16N6O. The van der Waals surface area contributed by atoms with Crippen LogP contribution < -0.4 is 5.32 Å². The summed E-state index contributed by atoms with van der Waals surface area (Å²) in [6, 6.07) is 1.85. The minimum absolute atomic E-state index is 0.162. The number of aromatic nitrogens is 5. The summed E-state index contributed by atoms with van der Waals surface area (Å²) < 4.78 is 1.69. The zero-order chi connectivity index (χ0) is 13.1. The van der Waals surface area contributed by atoms with E-state index in [2.05, 4.69) is 25.6 Å². The zero-order valence-electron chi connectivity index (χ0n) is 10.6. The molecule has 0 aliphatic heterocycles. The number of hydrogen-bond donors (Lipinski definition) is 2. The largest absolute Gasteiger partial charge is 0.344 e. The van der Waals surface area contributed by atoms with E-state index in [1.54, 1.807) is 4.68 Å². The van der Waals surface area contributed by atoms with Gasteiger partial charge in [-0.3, -0.25) is 14.6 Å². The Kier molecular flexibility index (Phi) is 3.40. The van der Waals surface area contributed by atoms with E-state index < -0.39 is 0 Å². The monoisotopic (exact) mass is 248 g/mol. The molecule has 0 atom stereocenters. The number of carbonyl (C=O) groups is 1. The van der Waals surface area contributed by atoms with E-state index in [0.717, 1.165) is 5.69 Å². The van der Waals surface area contributed by atoms with Gasteiger partial charge in [0.15, 0.2) is 0 Å². The molecule has 0 aliphatic carbocycles. The van der Waals surface area contributed by atoms with Gasteiger partial charge in [-0.25, -0.2) is 4.98 Å². The molecule has 0 fully saturated rings. The third-order valence-electron chi connectivity index (χ3n) is 2.45. The molecule has 0 aliphatic rings. The number of amides is 1. The molecule has 96 valence electrons. The Morgan fingerprint density at radius 3 is 2.89 bits per heavy atom. The molecule has 2 aromatic rings. The van der Waals surface area contributed by atoms with E-state index in [9.17, 15) is 4.79 Å². The minimum atomic E-state index is -0.302. The predicted molar refractivity (Wildman–Crippen MR) is 64.8 cm³/mol. The SMILES string of the molecule is CC(C)c1nc(C(=O)NCc2ccn(C)n2)n[nH]1. The fourth-order valence-corrected chi connectivity index (χ4v) is 1.44. The maximum atomic E-state index is 11.8. The topological polar surface area (TPSA) is 88.5 Å². The summed E-state index contributed by atoms with van der Waals surface area (Å²) in [7, 11) is 1.83. The number of H-pyrrole nitrogens is 1. The summed E-state index contributed by atoms with van der Waals surface area (Å²) in [5.74, 6) is 0.784. The van der Waals surface area contributed by atoms with Crippen LogP contribution in [-0.4, -0.2) is 30.9 Å². The highest BCUT2D eigenvalue weighted by molar-refractivity contribution is 5.90. The molecule has 0 spiro atoms. The number of aryl methyl sites for hydroxylation is 1. The van der Waals surface area contributed by atoms with E-state index in [1.807, 2.05) is 33.2 Å². The van der Waals surface area contributed by atoms with Crippen LogP contribution in [-0.2, 0) is 13.6 Å².